The first-order valence-corrected chi connectivity index (χ1v) is 9.10. The molecule has 2 heterocycles. The zero-order chi connectivity index (χ0) is 15.0. The van der Waals surface area contributed by atoms with Gasteiger partial charge in [-0.2, -0.15) is 0 Å². The van der Waals surface area contributed by atoms with Gasteiger partial charge < -0.3 is 10.2 Å². The Bertz CT molecular complexity index is 515. The van der Waals surface area contributed by atoms with Gasteiger partial charge in [0.25, 0.3) is 5.91 Å². The zero-order valence-corrected chi connectivity index (χ0v) is 15.3. The molecular formula is C16H20Br2N2O. The molecule has 2 unspecified atom stereocenters. The highest BCUT2D eigenvalue weighted by molar-refractivity contribution is 9.11. The van der Waals surface area contributed by atoms with Crippen molar-refractivity contribution < 1.29 is 4.79 Å². The van der Waals surface area contributed by atoms with Crippen LogP contribution in [-0.2, 0) is 0 Å². The van der Waals surface area contributed by atoms with Gasteiger partial charge in [-0.25, -0.2) is 0 Å². The number of nitrogens with one attached hydrogen (secondary N) is 1. The van der Waals surface area contributed by atoms with E-state index in [-0.39, 0.29) is 5.91 Å². The predicted octanol–water partition coefficient (Wildman–Crippen LogP) is 3.96. The average Bonchev–Trinajstić information content (AvgIpc) is 2.38. The second-order valence-corrected chi connectivity index (χ2v) is 8.04. The van der Waals surface area contributed by atoms with Gasteiger partial charge in [0.05, 0.1) is 0 Å². The number of piperidine rings is 2. The standard InChI is InChI=1S/C16H20Br2N2O/c1-20-14-3-2-4-15(20)9-13(8-14)19-16(21)10-5-11(17)7-12(18)6-10/h5-7,13-15H,2-4,8-9H2,1H3,(H,19,21). The van der Waals surface area contributed by atoms with Crippen LogP contribution in [0.5, 0.6) is 0 Å². The summed E-state index contributed by atoms with van der Waals surface area (Å²) in [6.07, 6.45) is 6.02. The minimum atomic E-state index is 0.0321. The molecule has 1 N–H and O–H groups in total. The minimum Gasteiger partial charge on any atom is -0.349 e. The summed E-state index contributed by atoms with van der Waals surface area (Å²) in [5, 5.41) is 3.23. The number of nitrogens with zero attached hydrogens (tertiary/aromatic N) is 1. The van der Waals surface area contributed by atoms with E-state index in [1.807, 2.05) is 18.2 Å². The Morgan fingerprint density at radius 2 is 1.71 bits per heavy atom. The van der Waals surface area contributed by atoms with Crippen molar-refractivity contribution in [3.05, 3.63) is 32.7 Å². The van der Waals surface area contributed by atoms with Gasteiger partial charge in [-0.15, -0.1) is 0 Å². The summed E-state index contributed by atoms with van der Waals surface area (Å²) in [5.74, 6) is 0.0321. The molecule has 2 saturated heterocycles. The number of hydrogen-bond donors (Lipinski definition) is 1. The maximum atomic E-state index is 12.5. The number of rotatable bonds is 2. The molecule has 0 radical (unpaired) electrons. The summed E-state index contributed by atoms with van der Waals surface area (Å²) >= 11 is 6.87. The number of benzene rings is 1. The van der Waals surface area contributed by atoms with Crippen LogP contribution in [0.4, 0.5) is 0 Å². The van der Waals surface area contributed by atoms with Crippen molar-refractivity contribution in [2.24, 2.45) is 0 Å². The van der Waals surface area contributed by atoms with E-state index in [9.17, 15) is 4.79 Å². The van der Waals surface area contributed by atoms with Crippen molar-refractivity contribution in [2.75, 3.05) is 7.05 Å². The van der Waals surface area contributed by atoms with Gasteiger partial charge in [-0.3, -0.25) is 4.79 Å². The van der Waals surface area contributed by atoms with Crippen molar-refractivity contribution in [2.45, 2.75) is 50.2 Å². The molecule has 2 fully saturated rings. The van der Waals surface area contributed by atoms with Crippen LogP contribution in [0, 0.1) is 0 Å². The molecule has 2 atom stereocenters. The summed E-state index contributed by atoms with van der Waals surface area (Å²) in [6.45, 7) is 0. The molecule has 0 aromatic heterocycles. The lowest BCUT2D eigenvalue weighted by atomic mass is 9.82. The Kier molecular flexibility index (Phi) is 4.71. The lowest BCUT2D eigenvalue weighted by Crippen LogP contribution is -2.55. The van der Waals surface area contributed by atoms with E-state index in [1.54, 1.807) is 0 Å². The smallest absolute Gasteiger partial charge is 0.251 e. The first-order chi connectivity index (χ1) is 10.0. The largest absolute Gasteiger partial charge is 0.349 e. The normalized spacial score (nSPS) is 29.2. The van der Waals surface area contributed by atoms with E-state index in [2.05, 4.69) is 49.1 Å². The maximum Gasteiger partial charge on any atom is 0.251 e. The van der Waals surface area contributed by atoms with Crippen LogP contribution >= 0.6 is 31.9 Å². The molecule has 1 aromatic rings. The summed E-state index contributed by atoms with van der Waals surface area (Å²) in [5.41, 5.74) is 0.709. The molecule has 21 heavy (non-hydrogen) atoms. The van der Waals surface area contributed by atoms with Crippen molar-refractivity contribution in [3.63, 3.8) is 0 Å². The highest BCUT2D eigenvalue weighted by Gasteiger charge is 2.36. The van der Waals surface area contributed by atoms with Gasteiger partial charge in [0, 0.05) is 32.6 Å². The van der Waals surface area contributed by atoms with Gasteiger partial charge in [0.2, 0.25) is 0 Å². The summed E-state index contributed by atoms with van der Waals surface area (Å²) in [4.78, 5) is 15.0. The van der Waals surface area contributed by atoms with E-state index in [4.69, 9.17) is 0 Å². The molecule has 2 aliphatic rings. The second-order valence-electron chi connectivity index (χ2n) is 6.20. The van der Waals surface area contributed by atoms with Crippen molar-refractivity contribution in [1.82, 2.24) is 10.2 Å². The monoisotopic (exact) mass is 414 g/mol. The molecule has 3 nitrogen and oxygen atoms in total. The highest BCUT2D eigenvalue weighted by Crippen LogP contribution is 2.32. The summed E-state index contributed by atoms with van der Waals surface area (Å²) in [7, 11) is 2.23. The minimum absolute atomic E-state index is 0.0321. The molecule has 2 aliphatic heterocycles. The van der Waals surface area contributed by atoms with Crippen LogP contribution in [0.15, 0.2) is 27.1 Å². The quantitative estimate of drug-likeness (QED) is 0.792. The van der Waals surface area contributed by atoms with Crippen LogP contribution in [0.25, 0.3) is 0 Å². The molecule has 3 rings (SSSR count). The molecule has 5 heteroatoms. The highest BCUT2D eigenvalue weighted by atomic mass is 79.9. The molecule has 0 spiro atoms. The number of fused-ring (bicyclic) bond motifs is 2. The molecule has 2 bridgehead atoms. The molecule has 1 aromatic carbocycles. The Labute approximate surface area is 142 Å². The third-order valence-corrected chi connectivity index (χ3v) is 5.72. The first kappa shape index (κ1) is 15.5. The third kappa shape index (κ3) is 3.51. The fourth-order valence-electron chi connectivity index (χ4n) is 3.69. The number of carbonyl (C=O) groups excluding carboxylic acids is 1. The Morgan fingerprint density at radius 3 is 2.29 bits per heavy atom. The van der Waals surface area contributed by atoms with Crippen molar-refractivity contribution in [3.8, 4) is 0 Å². The molecule has 1 amide bonds. The number of halogens is 2. The Balaban J connectivity index is 1.68. The van der Waals surface area contributed by atoms with E-state index in [1.165, 1.54) is 19.3 Å². The van der Waals surface area contributed by atoms with Gasteiger partial charge >= 0.3 is 0 Å². The molecule has 0 aliphatic carbocycles. The Morgan fingerprint density at radius 1 is 1.14 bits per heavy atom. The summed E-state index contributed by atoms with van der Waals surface area (Å²) < 4.78 is 1.84. The van der Waals surface area contributed by atoms with Crippen LogP contribution in [-0.4, -0.2) is 36.0 Å². The number of amides is 1. The fraction of sp³-hybridized carbons (Fsp3) is 0.562. The molecular weight excluding hydrogens is 396 g/mol. The maximum absolute atomic E-state index is 12.5. The first-order valence-electron chi connectivity index (χ1n) is 7.52. The van der Waals surface area contributed by atoms with Gasteiger partial charge in [-0.05, 0) is 50.9 Å². The molecule has 114 valence electrons. The van der Waals surface area contributed by atoms with E-state index in [0.29, 0.717) is 23.7 Å². The fourth-order valence-corrected chi connectivity index (χ4v) is 4.98. The van der Waals surface area contributed by atoms with Crippen LogP contribution < -0.4 is 5.32 Å². The topological polar surface area (TPSA) is 32.3 Å². The summed E-state index contributed by atoms with van der Waals surface area (Å²) in [6, 6.07) is 7.26. The predicted molar refractivity (Wildman–Crippen MR) is 91.5 cm³/mol. The van der Waals surface area contributed by atoms with E-state index >= 15 is 0 Å². The van der Waals surface area contributed by atoms with Crippen LogP contribution in [0.3, 0.4) is 0 Å². The van der Waals surface area contributed by atoms with Gasteiger partial charge in [-0.1, -0.05) is 38.3 Å². The van der Waals surface area contributed by atoms with Gasteiger partial charge in [0.15, 0.2) is 0 Å². The lowest BCUT2D eigenvalue weighted by molar-refractivity contribution is 0.0463. The van der Waals surface area contributed by atoms with Crippen molar-refractivity contribution >= 4 is 37.8 Å². The third-order valence-electron chi connectivity index (χ3n) is 4.80. The number of carbonyl (C=O) groups is 1. The molecule has 0 saturated carbocycles. The van der Waals surface area contributed by atoms with Crippen LogP contribution in [0.1, 0.15) is 42.5 Å². The van der Waals surface area contributed by atoms with E-state index < -0.39 is 0 Å². The SMILES string of the molecule is CN1C2CCCC1CC(NC(=O)c1cc(Br)cc(Br)c1)C2. The zero-order valence-electron chi connectivity index (χ0n) is 12.1. The lowest BCUT2D eigenvalue weighted by Gasteiger charge is -2.47. The van der Waals surface area contributed by atoms with E-state index in [0.717, 1.165) is 21.8 Å². The average molecular weight is 416 g/mol. The Hall–Kier alpha value is -0.390. The van der Waals surface area contributed by atoms with Crippen LogP contribution in [0.2, 0.25) is 0 Å². The van der Waals surface area contributed by atoms with Gasteiger partial charge in [0.1, 0.15) is 0 Å². The second kappa shape index (κ2) is 6.39. The number of hydrogen-bond acceptors (Lipinski definition) is 2. The van der Waals surface area contributed by atoms with Crippen molar-refractivity contribution in [1.29, 1.82) is 0 Å².